The number of aromatic nitrogens is 2. The van der Waals surface area contributed by atoms with Crippen molar-refractivity contribution in [2.75, 3.05) is 13.2 Å². The van der Waals surface area contributed by atoms with Gasteiger partial charge in [0.1, 0.15) is 0 Å². The quantitative estimate of drug-likeness (QED) is 0.868. The summed E-state index contributed by atoms with van der Waals surface area (Å²) in [6, 6.07) is 0. The minimum Gasteiger partial charge on any atom is -0.381 e. The van der Waals surface area contributed by atoms with Gasteiger partial charge in [0.2, 0.25) is 0 Å². The Balaban J connectivity index is 1.83. The van der Waals surface area contributed by atoms with Crippen molar-refractivity contribution in [2.45, 2.75) is 45.8 Å². The summed E-state index contributed by atoms with van der Waals surface area (Å²) in [5.41, 5.74) is 1.25. The van der Waals surface area contributed by atoms with Crippen LogP contribution >= 0.6 is 0 Å². The first kappa shape index (κ1) is 12.6. The van der Waals surface area contributed by atoms with E-state index in [0.717, 1.165) is 32.0 Å². The molecule has 0 aliphatic carbocycles. The Morgan fingerprint density at radius 2 is 2.35 bits per heavy atom. The fourth-order valence-corrected chi connectivity index (χ4v) is 1.98. The van der Waals surface area contributed by atoms with E-state index in [1.807, 2.05) is 6.33 Å². The molecule has 1 aromatic heterocycles. The number of hydrogen-bond acceptors (Lipinski definition) is 3. The second kappa shape index (κ2) is 5.19. The fourth-order valence-electron chi connectivity index (χ4n) is 1.98. The Hall–Kier alpha value is -0.870. The zero-order chi connectivity index (χ0) is 12.3. The van der Waals surface area contributed by atoms with Gasteiger partial charge < -0.3 is 14.6 Å². The van der Waals surface area contributed by atoms with E-state index in [9.17, 15) is 0 Å². The molecule has 0 amide bonds. The summed E-state index contributed by atoms with van der Waals surface area (Å²) >= 11 is 0. The highest BCUT2D eigenvalue weighted by atomic mass is 16.5. The molecule has 4 heteroatoms. The SMILES string of the molecule is CC(C)(C)NCc1cn(CC2CCOC2)cn1. The van der Waals surface area contributed by atoms with E-state index >= 15 is 0 Å². The molecule has 1 aliphatic heterocycles. The number of ether oxygens (including phenoxy) is 1. The van der Waals surface area contributed by atoms with Gasteiger partial charge in [-0.3, -0.25) is 0 Å². The molecule has 96 valence electrons. The Labute approximate surface area is 103 Å². The summed E-state index contributed by atoms with van der Waals surface area (Å²) < 4.78 is 7.56. The maximum absolute atomic E-state index is 5.38. The Morgan fingerprint density at radius 3 is 3.00 bits per heavy atom. The molecule has 1 N–H and O–H groups in total. The molecule has 1 fully saturated rings. The monoisotopic (exact) mass is 237 g/mol. The summed E-state index contributed by atoms with van der Waals surface area (Å²) in [7, 11) is 0. The van der Waals surface area contributed by atoms with E-state index in [4.69, 9.17) is 4.74 Å². The van der Waals surface area contributed by atoms with Crippen LogP contribution in [0.5, 0.6) is 0 Å². The minimum absolute atomic E-state index is 0.142. The van der Waals surface area contributed by atoms with Gasteiger partial charge >= 0.3 is 0 Å². The van der Waals surface area contributed by atoms with Crippen molar-refractivity contribution in [3.05, 3.63) is 18.2 Å². The van der Waals surface area contributed by atoms with Crippen LogP contribution in [0.2, 0.25) is 0 Å². The molecule has 1 aromatic rings. The zero-order valence-electron chi connectivity index (χ0n) is 11.1. The third kappa shape index (κ3) is 4.13. The predicted molar refractivity (Wildman–Crippen MR) is 67.7 cm³/mol. The molecule has 17 heavy (non-hydrogen) atoms. The van der Waals surface area contributed by atoms with Crippen LogP contribution in [0.3, 0.4) is 0 Å². The van der Waals surface area contributed by atoms with Crippen molar-refractivity contribution >= 4 is 0 Å². The first-order valence-corrected chi connectivity index (χ1v) is 6.36. The number of rotatable bonds is 4. The molecule has 0 spiro atoms. The number of nitrogens with one attached hydrogen (secondary N) is 1. The van der Waals surface area contributed by atoms with Crippen molar-refractivity contribution in [1.29, 1.82) is 0 Å². The highest BCUT2D eigenvalue weighted by Gasteiger charge is 2.16. The average molecular weight is 237 g/mol. The van der Waals surface area contributed by atoms with Crippen molar-refractivity contribution in [3.63, 3.8) is 0 Å². The lowest BCUT2D eigenvalue weighted by Gasteiger charge is -2.19. The van der Waals surface area contributed by atoms with Gasteiger partial charge in [-0.05, 0) is 27.2 Å². The standard InChI is InChI=1S/C13H23N3O/c1-13(2,3)15-6-12-8-16(10-14-12)7-11-4-5-17-9-11/h8,10-11,15H,4-7,9H2,1-3H3. The van der Waals surface area contributed by atoms with Crippen LogP contribution < -0.4 is 5.32 Å². The first-order valence-electron chi connectivity index (χ1n) is 6.36. The highest BCUT2D eigenvalue weighted by molar-refractivity contribution is 4.97. The molecule has 1 atom stereocenters. The molecular formula is C13H23N3O. The summed E-state index contributed by atoms with van der Waals surface area (Å²) in [4.78, 5) is 4.42. The first-order chi connectivity index (χ1) is 8.03. The largest absolute Gasteiger partial charge is 0.381 e. The summed E-state index contributed by atoms with van der Waals surface area (Å²) in [5, 5.41) is 3.44. The van der Waals surface area contributed by atoms with Gasteiger partial charge in [-0.25, -0.2) is 4.98 Å². The zero-order valence-corrected chi connectivity index (χ0v) is 11.1. The minimum atomic E-state index is 0.142. The van der Waals surface area contributed by atoms with Gasteiger partial charge in [-0.15, -0.1) is 0 Å². The van der Waals surface area contributed by atoms with Gasteiger partial charge in [0, 0.05) is 37.4 Å². The molecule has 1 saturated heterocycles. The molecule has 4 nitrogen and oxygen atoms in total. The molecular weight excluding hydrogens is 214 g/mol. The lowest BCUT2D eigenvalue weighted by atomic mass is 10.1. The van der Waals surface area contributed by atoms with E-state index < -0.39 is 0 Å². The topological polar surface area (TPSA) is 39.1 Å². The second-order valence-electron chi connectivity index (χ2n) is 5.89. The van der Waals surface area contributed by atoms with Crippen LogP contribution in [-0.4, -0.2) is 28.3 Å². The van der Waals surface area contributed by atoms with E-state index in [1.165, 1.54) is 6.42 Å². The number of hydrogen-bond donors (Lipinski definition) is 1. The van der Waals surface area contributed by atoms with Crippen molar-refractivity contribution in [1.82, 2.24) is 14.9 Å². The number of imidazole rings is 1. The third-order valence-electron chi connectivity index (χ3n) is 2.98. The molecule has 0 saturated carbocycles. The molecule has 1 aliphatic rings. The van der Waals surface area contributed by atoms with E-state index in [-0.39, 0.29) is 5.54 Å². The van der Waals surface area contributed by atoms with Crippen molar-refractivity contribution in [2.24, 2.45) is 5.92 Å². The Kier molecular flexibility index (Phi) is 3.84. The summed E-state index contributed by atoms with van der Waals surface area (Å²) in [6.07, 6.45) is 5.24. The maximum atomic E-state index is 5.38. The molecule has 2 heterocycles. The smallest absolute Gasteiger partial charge is 0.0950 e. The Bertz CT molecular complexity index is 348. The van der Waals surface area contributed by atoms with Crippen LogP contribution in [0.4, 0.5) is 0 Å². The van der Waals surface area contributed by atoms with Crippen LogP contribution in [0.15, 0.2) is 12.5 Å². The molecule has 1 unspecified atom stereocenters. The summed E-state index contributed by atoms with van der Waals surface area (Å²) in [5.74, 6) is 0.660. The van der Waals surface area contributed by atoms with Gasteiger partial charge in [0.05, 0.1) is 18.6 Å². The fraction of sp³-hybridized carbons (Fsp3) is 0.769. The normalized spacial score (nSPS) is 21.0. The lowest BCUT2D eigenvalue weighted by Crippen LogP contribution is -2.35. The van der Waals surface area contributed by atoms with E-state index in [1.54, 1.807) is 0 Å². The average Bonchev–Trinajstić information content (AvgIpc) is 2.86. The van der Waals surface area contributed by atoms with E-state index in [0.29, 0.717) is 5.92 Å². The van der Waals surface area contributed by atoms with E-state index in [2.05, 4.69) is 41.8 Å². The predicted octanol–water partition coefficient (Wildman–Crippen LogP) is 1.81. The maximum Gasteiger partial charge on any atom is 0.0950 e. The number of nitrogens with zero attached hydrogens (tertiary/aromatic N) is 2. The molecule has 2 rings (SSSR count). The summed E-state index contributed by atoms with van der Waals surface area (Å²) in [6.45, 7) is 10.2. The highest BCUT2D eigenvalue weighted by Crippen LogP contribution is 2.14. The Morgan fingerprint density at radius 1 is 1.53 bits per heavy atom. The second-order valence-corrected chi connectivity index (χ2v) is 5.89. The molecule has 0 radical (unpaired) electrons. The van der Waals surface area contributed by atoms with Gasteiger partial charge in [-0.1, -0.05) is 0 Å². The van der Waals surface area contributed by atoms with Crippen molar-refractivity contribution < 1.29 is 4.74 Å². The lowest BCUT2D eigenvalue weighted by molar-refractivity contribution is 0.182. The van der Waals surface area contributed by atoms with Crippen LogP contribution in [0.25, 0.3) is 0 Å². The van der Waals surface area contributed by atoms with Crippen LogP contribution in [0, 0.1) is 5.92 Å². The van der Waals surface area contributed by atoms with Gasteiger partial charge in [-0.2, -0.15) is 0 Å². The molecule has 0 bridgehead atoms. The van der Waals surface area contributed by atoms with Crippen LogP contribution in [0.1, 0.15) is 32.9 Å². The van der Waals surface area contributed by atoms with Crippen molar-refractivity contribution in [3.8, 4) is 0 Å². The van der Waals surface area contributed by atoms with Gasteiger partial charge in [0.15, 0.2) is 0 Å². The molecule has 0 aromatic carbocycles. The van der Waals surface area contributed by atoms with Gasteiger partial charge in [0.25, 0.3) is 0 Å². The third-order valence-corrected chi connectivity index (χ3v) is 2.98. The van der Waals surface area contributed by atoms with Crippen LogP contribution in [-0.2, 0) is 17.8 Å².